The number of nitrogens with one attached hydrogen (secondary N) is 1. The van der Waals surface area contributed by atoms with Gasteiger partial charge in [0.05, 0.1) is 10.7 Å². The van der Waals surface area contributed by atoms with Gasteiger partial charge in [-0.15, -0.1) is 0 Å². The second-order valence-electron chi connectivity index (χ2n) is 4.40. The van der Waals surface area contributed by atoms with Crippen molar-refractivity contribution in [1.29, 1.82) is 0 Å². The van der Waals surface area contributed by atoms with Crippen LogP contribution in [0.25, 0.3) is 0 Å². The summed E-state index contributed by atoms with van der Waals surface area (Å²) in [6, 6.07) is 5.06. The smallest absolute Gasteiger partial charge is 0.164 e. The predicted octanol–water partition coefficient (Wildman–Crippen LogP) is 5.11. The van der Waals surface area contributed by atoms with Gasteiger partial charge in [-0.05, 0) is 24.5 Å². The molecule has 1 N–H and O–H groups in total. The van der Waals surface area contributed by atoms with Crippen LogP contribution in [0, 0.1) is 11.7 Å². The van der Waals surface area contributed by atoms with Crippen LogP contribution in [0.5, 0.6) is 0 Å². The third kappa shape index (κ3) is 4.55. The standard InChI is InChI=1S/C14H21ClFN/c1-3-5-7-11(4-2)10-17-13-9-6-8-12(15)14(13)16/h6,8-9,11,17H,3-5,7,10H2,1-2H3. The highest BCUT2D eigenvalue weighted by Crippen LogP contribution is 2.23. The van der Waals surface area contributed by atoms with E-state index in [-0.39, 0.29) is 10.8 Å². The monoisotopic (exact) mass is 257 g/mol. The minimum absolute atomic E-state index is 0.177. The molecular weight excluding hydrogens is 237 g/mol. The van der Waals surface area contributed by atoms with Crippen LogP contribution in [0.4, 0.5) is 10.1 Å². The number of rotatable bonds is 7. The normalized spacial score (nSPS) is 12.5. The van der Waals surface area contributed by atoms with E-state index in [2.05, 4.69) is 19.2 Å². The Morgan fingerprint density at radius 3 is 2.76 bits per heavy atom. The second kappa shape index (κ2) is 7.54. The van der Waals surface area contributed by atoms with E-state index in [1.165, 1.54) is 19.3 Å². The summed E-state index contributed by atoms with van der Waals surface area (Å²) in [5, 5.41) is 3.33. The molecule has 1 rings (SSSR count). The molecule has 0 aliphatic carbocycles. The van der Waals surface area contributed by atoms with Crippen LogP contribution in [-0.4, -0.2) is 6.54 Å². The average molecular weight is 258 g/mol. The molecule has 1 aromatic carbocycles. The van der Waals surface area contributed by atoms with Crippen molar-refractivity contribution in [2.24, 2.45) is 5.92 Å². The Morgan fingerprint density at radius 1 is 1.35 bits per heavy atom. The lowest BCUT2D eigenvalue weighted by molar-refractivity contribution is 0.471. The first-order valence-electron chi connectivity index (χ1n) is 6.36. The summed E-state index contributed by atoms with van der Waals surface area (Å²) in [4.78, 5) is 0. The van der Waals surface area contributed by atoms with E-state index >= 15 is 0 Å². The Hall–Kier alpha value is -0.760. The molecule has 0 amide bonds. The molecule has 0 radical (unpaired) electrons. The highest BCUT2D eigenvalue weighted by molar-refractivity contribution is 6.31. The minimum Gasteiger partial charge on any atom is -0.382 e. The van der Waals surface area contributed by atoms with Crippen molar-refractivity contribution >= 4 is 17.3 Å². The first kappa shape index (κ1) is 14.3. The Bertz CT molecular complexity index is 341. The zero-order valence-electron chi connectivity index (χ0n) is 10.6. The van der Waals surface area contributed by atoms with Crippen LogP contribution in [0.1, 0.15) is 39.5 Å². The van der Waals surface area contributed by atoms with Gasteiger partial charge in [0.15, 0.2) is 5.82 Å². The van der Waals surface area contributed by atoms with Gasteiger partial charge in [-0.1, -0.05) is 50.8 Å². The van der Waals surface area contributed by atoms with Crippen LogP contribution in [0.2, 0.25) is 5.02 Å². The predicted molar refractivity (Wildman–Crippen MR) is 73.2 cm³/mol. The zero-order chi connectivity index (χ0) is 12.7. The topological polar surface area (TPSA) is 12.0 Å². The number of benzene rings is 1. The third-order valence-electron chi connectivity index (χ3n) is 3.08. The van der Waals surface area contributed by atoms with Gasteiger partial charge in [-0.3, -0.25) is 0 Å². The number of unbranched alkanes of at least 4 members (excludes halogenated alkanes) is 1. The third-order valence-corrected chi connectivity index (χ3v) is 3.37. The van der Waals surface area contributed by atoms with Crippen LogP contribution >= 0.6 is 11.6 Å². The summed E-state index contributed by atoms with van der Waals surface area (Å²) in [5.74, 6) is 0.257. The van der Waals surface area contributed by atoms with Crippen molar-refractivity contribution in [3.63, 3.8) is 0 Å². The molecule has 96 valence electrons. The van der Waals surface area contributed by atoms with E-state index in [0.717, 1.165) is 13.0 Å². The van der Waals surface area contributed by atoms with Gasteiger partial charge in [0, 0.05) is 6.54 Å². The molecule has 0 spiro atoms. The second-order valence-corrected chi connectivity index (χ2v) is 4.81. The number of anilines is 1. The molecule has 0 fully saturated rings. The van der Waals surface area contributed by atoms with Crippen molar-refractivity contribution in [2.45, 2.75) is 39.5 Å². The van der Waals surface area contributed by atoms with Crippen molar-refractivity contribution in [2.75, 3.05) is 11.9 Å². The molecule has 0 aliphatic heterocycles. The van der Waals surface area contributed by atoms with Crippen molar-refractivity contribution in [3.05, 3.63) is 29.0 Å². The maximum Gasteiger partial charge on any atom is 0.164 e. The molecule has 3 heteroatoms. The van der Waals surface area contributed by atoms with Crippen molar-refractivity contribution < 1.29 is 4.39 Å². The van der Waals surface area contributed by atoms with E-state index in [9.17, 15) is 4.39 Å². The molecule has 0 aliphatic rings. The van der Waals surface area contributed by atoms with E-state index in [1.807, 2.05) is 0 Å². The van der Waals surface area contributed by atoms with Crippen LogP contribution in [-0.2, 0) is 0 Å². The van der Waals surface area contributed by atoms with E-state index in [4.69, 9.17) is 11.6 Å². The average Bonchev–Trinajstić information content (AvgIpc) is 2.34. The van der Waals surface area contributed by atoms with E-state index < -0.39 is 0 Å². The molecule has 1 unspecified atom stereocenters. The largest absolute Gasteiger partial charge is 0.382 e. The number of halogens is 2. The molecule has 0 aromatic heterocycles. The Balaban J connectivity index is 2.50. The molecule has 1 atom stereocenters. The molecule has 1 nitrogen and oxygen atoms in total. The lowest BCUT2D eigenvalue weighted by Gasteiger charge is -2.16. The van der Waals surface area contributed by atoms with Gasteiger partial charge in [-0.25, -0.2) is 4.39 Å². The molecule has 0 saturated carbocycles. The summed E-state index contributed by atoms with van der Waals surface area (Å²) in [6.45, 7) is 5.18. The number of hydrogen-bond acceptors (Lipinski definition) is 1. The molecule has 0 bridgehead atoms. The molecular formula is C14H21ClFN. The minimum atomic E-state index is -0.348. The fraction of sp³-hybridized carbons (Fsp3) is 0.571. The van der Waals surface area contributed by atoms with E-state index in [0.29, 0.717) is 11.6 Å². The quantitative estimate of drug-likeness (QED) is 0.716. The van der Waals surface area contributed by atoms with E-state index in [1.54, 1.807) is 18.2 Å². The maximum atomic E-state index is 13.6. The Labute approximate surface area is 108 Å². The first-order valence-corrected chi connectivity index (χ1v) is 6.74. The summed E-state index contributed by atoms with van der Waals surface area (Å²) in [5.41, 5.74) is 0.507. The molecule has 0 saturated heterocycles. The van der Waals surface area contributed by atoms with Crippen LogP contribution in [0.15, 0.2) is 18.2 Å². The molecule has 17 heavy (non-hydrogen) atoms. The highest BCUT2D eigenvalue weighted by atomic mass is 35.5. The van der Waals surface area contributed by atoms with Gasteiger partial charge >= 0.3 is 0 Å². The summed E-state index contributed by atoms with van der Waals surface area (Å²) >= 11 is 5.73. The molecule has 1 aromatic rings. The maximum absolute atomic E-state index is 13.6. The van der Waals surface area contributed by atoms with Gasteiger partial charge in [0.1, 0.15) is 0 Å². The van der Waals surface area contributed by atoms with Gasteiger partial charge in [0.25, 0.3) is 0 Å². The molecule has 0 heterocycles. The Kier molecular flexibility index (Phi) is 6.35. The van der Waals surface area contributed by atoms with Crippen LogP contribution in [0.3, 0.4) is 0 Å². The summed E-state index contributed by atoms with van der Waals surface area (Å²) < 4.78 is 13.6. The van der Waals surface area contributed by atoms with Crippen LogP contribution < -0.4 is 5.32 Å². The SMILES string of the molecule is CCCCC(CC)CNc1cccc(Cl)c1F. The summed E-state index contributed by atoms with van der Waals surface area (Å²) in [6.07, 6.45) is 4.76. The van der Waals surface area contributed by atoms with Gasteiger partial charge in [0.2, 0.25) is 0 Å². The lowest BCUT2D eigenvalue weighted by atomic mass is 9.99. The first-order chi connectivity index (χ1) is 8.19. The van der Waals surface area contributed by atoms with Crippen molar-refractivity contribution in [1.82, 2.24) is 0 Å². The van der Waals surface area contributed by atoms with Crippen molar-refractivity contribution in [3.8, 4) is 0 Å². The number of hydrogen-bond donors (Lipinski definition) is 1. The zero-order valence-corrected chi connectivity index (χ0v) is 11.4. The lowest BCUT2D eigenvalue weighted by Crippen LogP contribution is -2.14. The van der Waals surface area contributed by atoms with Gasteiger partial charge in [-0.2, -0.15) is 0 Å². The fourth-order valence-corrected chi connectivity index (χ4v) is 2.01. The Morgan fingerprint density at radius 2 is 2.12 bits per heavy atom. The summed E-state index contributed by atoms with van der Waals surface area (Å²) in [7, 11) is 0. The van der Waals surface area contributed by atoms with Gasteiger partial charge < -0.3 is 5.32 Å². The highest BCUT2D eigenvalue weighted by Gasteiger charge is 2.09. The fourth-order valence-electron chi connectivity index (χ4n) is 1.84.